The molecule has 1 saturated carbocycles. The smallest absolute Gasteiger partial charge is 0.264 e. The van der Waals surface area contributed by atoms with E-state index in [0.717, 1.165) is 35.2 Å². The highest BCUT2D eigenvalue weighted by molar-refractivity contribution is 6.02. The molecule has 1 amide bonds. The van der Waals surface area contributed by atoms with Crippen molar-refractivity contribution in [1.29, 1.82) is 0 Å². The summed E-state index contributed by atoms with van der Waals surface area (Å²) in [6, 6.07) is 18.1. The predicted octanol–water partition coefficient (Wildman–Crippen LogP) is 4.61. The highest BCUT2D eigenvalue weighted by atomic mass is 16.4. The Labute approximate surface area is 174 Å². The third kappa shape index (κ3) is 3.41. The standard InChI is InChI=1S/C24H22N4O2/c1-15-13-20(23-26-27-24(30-23)21-9-6-12-28(21)2)19(22(29)25-17-10-11-17)14-18(15)16-7-4-3-5-8-16/h3-9,12-14,17H,10-11H2,1-2H3,(H,25,29). The van der Waals surface area contributed by atoms with Crippen LogP contribution in [0.3, 0.4) is 0 Å². The second kappa shape index (κ2) is 7.30. The van der Waals surface area contributed by atoms with Gasteiger partial charge in [-0.1, -0.05) is 30.3 Å². The van der Waals surface area contributed by atoms with E-state index < -0.39 is 0 Å². The van der Waals surface area contributed by atoms with Gasteiger partial charge in [-0.2, -0.15) is 0 Å². The number of benzene rings is 2. The van der Waals surface area contributed by atoms with Crippen molar-refractivity contribution in [2.45, 2.75) is 25.8 Å². The molecule has 2 aromatic heterocycles. The van der Waals surface area contributed by atoms with Crippen molar-refractivity contribution >= 4 is 5.91 Å². The van der Waals surface area contributed by atoms with Crippen LogP contribution in [0.2, 0.25) is 0 Å². The minimum Gasteiger partial charge on any atom is -0.415 e. The van der Waals surface area contributed by atoms with E-state index in [1.54, 1.807) is 0 Å². The van der Waals surface area contributed by atoms with Gasteiger partial charge in [-0.25, -0.2) is 0 Å². The van der Waals surface area contributed by atoms with Crippen molar-refractivity contribution in [2.75, 3.05) is 0 Å². The van der Waals surface area contributed by atoms with Gasteiger partial charge in [0.05, 0.1) is 11.1 Å². The molecule has 150 valence electrons. The number of nitrogens with one attached hydrogen (secondary N) is 1. The van der Waals surface area contributed by atoms with Gasteiger partial charge in [0.2, 0.25) is 5.89 Å². The average molecular weight is 398 g/mol. The normalized spacial score (nSPS) is 13.4. The molecule has 0 unspecified atom stereocenters. The summed E-state index contributed by atoms with van der Waals surface area (Å²) in [5, 5.41) is 11.6. The van der Waals surface area contributed by atoms with Gasteiger partial charge in [0.15, 0.2) is 0 Å². The molecule has 0 radical (unpaired) electrons. The molecular formula is C24H22N4O2. The average Bonchev–Trinajstić information content (AvgIpc) is 3.25. The molecule has 6 heteroatoms. The lowest BCUT2D eigenvalue weighted by atomic mass is 9.94. The summed E-state index contributed by atoms with van der Waals surface area (Å²) >= 11 is 0. The van der Waals surface area contributed by atoms with Crippen LogP contribution in [0.15, 0.2) is 65.2 Å². The number of nitrogens with zero attached hydrogens (tertiary/aromatic N) is 3. The topological polar surface area (TPSA) is 73.0 Å². The Morgan fingerprint density at radius 2 is 1.80 bits per heavy atom. The Kier molecular flexibility index (Phi) is 4.47. The van der Waals surface area contributed by atoms with Crippen LogP contribution in [0.25, 0.3) is 34.2 Å². The molecule has 1 N–H and O–H groups in total. The summed E-state index contributed by atoms with van der Waals surface area (Å²) in [5.74, 6) is 0.661. The largest absolute Gasteiger partial charge is 0.415 e. The number of carbonyl (C=O) groups excluding carboxylic acids is 1. The van der Waals surface area contributed by atoms with E-state index in [2.05, 4.69) is 15.5 Å². The number of aromatic nitrogens is 3. The minimum atomic E-state index is -0.108. The van der Waals surface area contributed by atoms with Gasteiger partial charge in [0.1, 0.15) is 5.69 Å². The molecule has 0 atom stereocenters. The monoisotopic (exact) mass is 398 g/mol. The zero-order chi connectivity index (χ0) is 20.7. The van der Waals surface area contributed by atoms with E-state index in [1.807, 2.05) is 79.3 Å². The third-order valence-corrected chi connectivity index (χ3v) is 5.42. The molecule has 30 heavy (non-hydrogen) atoms. The Balaban J connectivity index is 1.62. The fraction of sp³-hybridized carbons (Fsp3) is 0.208. The zero-order valence-corrected chi connectivity index (χ0v) is 16.9. The molecule has 0 bridgehead atoms. The summed E-state index contributed by atoms with van der Waals surface area (Å²) in [6.07, 6.45) is 3.97. The molecule has 0 saturated heterocycles. The van der Waals surface area contributed by atoms with Crippen LogP contribution in [-0.2, 0) is 7.05 Å². The van der Waals surface area contributed by atoms with Gasteiger partial charge < -0.3 is 14.3 Å². The first-order valence-electron chi connectivity index (χ1n) is 10.1. The van der Waals surface area contributed by atoms with Gasteiger partial charge in [0.25, 0.3) is 11.8 Å². The summed E-state index contributed by atoms with van der Waals surface area (Å²) in [4.78, 5) is 13.1. The molecule has 6 nitrogen and oxygen atoms in total. The van der Waals surface area contributed by atoms with E-state index >= 15 is 0 Å². The van der Waals surface area contributed by atoms with Crippen molar-refractivity contribution in [2.24, 2.45) is 7.05 Å². The molecule has 4 aromatic rings. The van der Waals surface area contributed by atoms with Gasteiger partial charge >= 0.3 is 0 Å². The number of aryl methyl sites for hydroxylation is 2. The second-order valence-electron chi connectivity index (χ2n) is 7.74. The van der Waals surface area contributed by atoms with Crippen molar-refractivity contribution in [3.8, 4) is 34.2 Å². The summed E-state index contributed by atoms with van der Waals surface area (Å²) in [5.41, 5.74) is 5.15. The minimum absolute atomic E-state index is 0.108. The Bertz CT molecular complexity index is 1220. The van der Waals surface area contributed by atoms with E-state index in [4.69, 9.17) is 4.42 Å². The van der Waals surface area contributed by atoms with E-state index in [-0.39, 0.29) is 11.9 Å². The van der Waals surface area contributed by atoms with Crippen molar-refractivity contribution in [1.82, 2.24) is 20.1 Å². The molecule has 0 aliphatic heterocycles. The highest BCUT2D eigenvalue weighted by Gasteiger charge is 2.27. The van der Waals surface area contributed by atoms with Gasteiger partial charge in [0, 0.05) is 19.3 Å². The maximum atomic E-state index is 13.1. The summed E-state index contributed by atoms with van der Waals surface area (Å²) in [7, 11) is 1.92. The van der Waals surface area contributed by atoms with Crippen LogP contribution in [0, 0.1) is 6.92 Å². The Morgan fingerprint density at radius 3 is 2.50 bits per heavy atom. The van der Waals surface area contributed by atoms with Crippen molar-refractivity contribution in [3.05, 3.63) is 71.9 Å². The van der Waals surface area contributed by atoms with Gasteiger partial charge in [-0.15, -0.1) is 10.2 Å². The number of hydrogen-bond acceptors (Lipinski definition) is 4. The van der Waals surface area contributed by atoms with E-state index in [9.17, 15) is 4.79 Å². The molecule has 2 aromatic carbocycles. The maximum absolute atomic E-state index is 13.1. The number of carbonyl (C=O) groups is 1. The quantitative estimate of drug-likeness (QED) is 0.533. The second-order valence-corrected chi connectivity index (χ2v) is 7.74. The molecule has 0 spiro atoms. The third-order valence-electron chi connectivity index (χ3n) is 5.42. The molecule has 5 rings (SSSR count). The molecule has 1 fully saturated rings. The van der Waals surface area contributed by atoms with Crippen LogP contribution < -0.4 is 5.32 Å². The number of amides is 1. The number of hydrogen-bond donors (Lipinski definition) is 1. The lowest BCUT2D eigenvalue weighted by Crippen LogP contribution is -2.26. The van der Waals surface area contributed by atoms with E-state index in [0.29, 0.717) is 22.9 Å². The molecule has 1 aliphatic rings. The first kappa shape index (κ1) is 18.4. The Hall–Kier alpha value is -3.67. The maximum Gasteiger partial charge on any atom is 0.264 e. The van der Waals surface area contributed by atoms with Gasteiger partial charge in [-0.05, 0) is 60.7 Å². The molecule has 2 heterocycles. The van der Waals surface area contributed by atoms with Crippen LogP contribution >= 0.6 is 0 Å². The van der Waals surface area contributed by atoms with Gasteiger partial charge in [-0.3, -0.25) is 4.79 Å². The molecular weight excluding hydrogens is 376 g/mol. The fourth-order valence-electron chi connectivity index (χ4n) is 3.61. The van der Waals surface area contributed by atoms with Crippen molar-refractivity contribution in [3.63, 3.8) is 0 Å². The zero-order valence-electron chi connectivity index (χ0n) is 16.9. The van der Waals surface area contributed by atoms with Crippen LogP contribution in [0.4, 0.5) is 0 Å². The first-order chi connectivity index (χ1) is 14.6. The summed E-state index contributed by atoms with van der Waals surface area (Å²) in [6.45, 7) is 2.03. The highest BCUT2D eigenvalue weighted by Crippen LogP contribution is 2.33. The van der Waals surface area contributed by atoms with E-state index in [1.165, 1.54) is 0 Å². The first-order valence-corrected chi connectivity index (χ1v) is 10.1. The van der Waals surface area contributed by atoms with Crippen LogP contribution in [0.5, 0.6) is 0 Å². The van der Waals surface area contributed by atoms with Crippen LogP contribution in [-0.4, -0.2) is 26.7 Å². The summed E-state index contributed by atoms with van der Waals surface area (Å²) < 4.78 is 7.90. The van der Waals surface area contributed by atoms with Crippen molar-refractivity contribution < 1.29 is 9.21 Å². The SMILES string of the molecule is Cc1cc(-c2nnc(-c3cccn3C)o2)c(C(=O)NC2CC2)cc1-c1ccccc1. The predicted molar refractivity (Wildman–Crippen MR) is 115 cm³/mol. The lowest BCUT2D eigenvalue weighted by Gasteiger charge is -2.13. The Morgan fingerprint density at radius 1 is 1.03 bits per heavy atom. The van der Waals surface area contributed by atoms with Crippen LogP contribution in [0.1, 0.15) is 28.8 Å². The number of rotatable bonds is 5. The molecule has 1 aliphatic carbocycles. The lowest BCUT2D eigenvalue weighted by molar-refractivity contribution is 0.0951. The fourth-order valence-corrected chi connectivity index (χ4v) is 3.61.